The summed E-state index contributed by atoms with van der Waals surface area (Å²) in [6.45, 7) is 8.09. The number of anilines is 1. The first-order chi connectivity index (χ1) is 8.81. The van der Waals surface area contributed by atoms with E-state index in [0.717, 1.165) is 12.8 Å². The van der Waals surface area contributed by atoms with Gasteiger partial charge in [-0.2, -0.15) is 0 Å². The lowest BCUT2D eigenvalue weighted by Crippen LogP contribution is -2.18. The summed E-state index contributed by atoms with van der Waals surface area (Å²) in [5.74, 6) is -0.384. The summed E-state index contributed by atoms with van der Waals surface area (Å²) in [5, 5.41) is 3.25. The summed E-state index contributed by atoms with van der Waals surface area (Å²) in [6, 6.07) is 3.03. The Labute approximate surface area is 114 Å². The lowest BCUT2D eigenvalue weighted by molar-refractivity contribution is 0.1000. The zero-order valence-corrected chi connectivity index (χ0v) is 12.1. The van der Waals surface area contributed by atoms with Gasteiger partial charge in [-0.15, -0.1) is 0 Å². The maximum absolute atomic E-state index is 13.7. The van der Waals surface area contributed by atoms with Crippen LogP contribution < -0.4 is 11.1 Å². The van der Waals surface area contributed by atoms with Crippen molar-refractivity contribution in [3.63, 3.8) is 0 Å². The van der Waals surface area contributed by atoms with Crippen molar-refractivity contribution in [3.8, 4) is 0 Å². The molecule has 0 radical (unpaired) electrons. The summed E-state index contributed by atoms with van der Waals surface area (Å²) >= 11 is 0. The van der Waals surface area contributed by atoms with Crippen LogP contribution in [0.25, 0.3) is 0 Å². The molecule has 1 atom stereocenters. The zero-order chi connectivity index (χ0) is 14.6. The van der Waals surface area contributed by atoms with Gasteiger partial charge in [0.25, 0.3) is 0 Å². The monoisotopic (exact) mass is 266 g/mol. The van der Waals surface area contributed by atoms with Crippen molar-refractivity contribution in [2.24, 2.45) is 11.7 Å². The SMILES string of the molecule is Cc1c(F)cc(C(N)=O)cc1NC(C)CCC(C)C. The number of rotatable bonds is 6. The van der Waals surface area contributed by atoms with E-state index in [1.807, 2.05) is 0 Å². The first-order valence-electron chi connectivity index (χ1n) is 6.67. The number of carbonyl (C=O) groups is 1. The van der Waals surface area contributed by atoms with Gasteiger partial charge in [0.2, 0.25) is 5.91 Å². The fourth-order valence-electron chi connectivity index (χ4n) is 1.89. The Morgan fingerprint density at radius 3 is 2.47 bits per heavy atom. The molecular formula is C15H23FN2O. The van der Waals surface area contributed by atoms with Crippen molar-refractivity contribution >= 4 is 11.6 Å². The highest BCUT2D eigenvalue weighted by Crippen LogP contribution is 2.22. The van der Waals surface area contributed by atoms with Gasteiger partial charge in [-0.25, -0.2) is 4.39 Å². The second-order valence-electron chi connectivity index (χ2n) is 5.51. The van der Waals surface area contributed by atoms with Crippen LogP contribution in [-0.4, -0.2) is 11.9 Å². The molecule has 0 aliphatic carbocycles. The molecule has 0 aliphatic rings. The van der Waals surface area contributed by atoms with Crippen LogP contribution in [0.4, 0.5) is 10.1 Å². The minimum Gasteiger partial charge on any atom is -0.382 e. The van der Waals surface area contributed by atoms with Gasteiger partial charge in [-0.05, 0) is 44.7 Å². The Hall–Kier alpha value is -1.58. The number of amides is 1. The zero-order valence-electron chi connectivity index (χ0n) is 12.1. The van der Waals surface area contributed by atoms with E-state index in [1.54, 1.807) is 13.0 Å². The fraction of sp³-hybridized carbons (Fsp3) is 0.533. The Morgan fingerprint density at radius 1 is 1.32 bits per heavy atom. The van der Waals surface area contributed by atoms with E-state index < -0.39 is 11.7 Å². The Kier molecular flexibility index (Phi) is 5.33. The lowest BCUT2D eigenvalue weighted by Gasteiger charge is -2.19. The second kappa shape index (κ2) is 6.55. The fourth-order valence-corrected chi connectivity index (χ4v) is 1.89. The van der Waals surface area contributed by atoms with E-state index in [0.29, 0.717) is 17.2 Å². The van der Waals surface area contributed by atoms with Crippen LogP contribution in [0.5, 0.6) is 0 Å². The number of nitrogens with two attached hydrogens (primary N) is 1. The number of benzene rings is 1. The predicted molar refractivity (Wildman–Crippen MR) is 76.8 cm³/mol. The predicted octanol–water partition coefficient (Wildman–Crippen LogP) is 3.47. The lowest BCUT2D eigenvalue weighted by atomic mass is 10.0. The Balaban J connectivity index is 2.85. The summed E-state index contributed by atoms with van der Waals surface area (Å²) in [7, 11) is 0. The molecule has 3 nitrogen and oxygen atoms in total. The summed E-state index contributed by atoms with van der Waals surface area (Å²) in [5.41, 5.74) is 6.55. The third-order valence-electron chi connectivity index (χ3n) is 3.21. The third-order valence-corrected chi connectivity index (χ3v) is 3.21. The van der Waals surface area contributed by atoms with Crippen molar-refractivity contribution in [2.45, 2.75) is 46.6 Å². The molecule has 0 aliphatic heterocycles. The van der Waals surface area contributed by atoms with E-state index in [1.165, 1.54) is 6.07 Å². The van der Waals surface area contributed by atoms with E-state index in [-0.39, 0.29) is 11.6 Å². The standard InChI is InChI=1S/C15H23FN2O/c1-9(2)5-6-10(3)18-14-8-12(15(17)19)7-13(16)11(14)4/h7-10,18H,5-6H2,1-4H3,(H2,17,19). The molecule has 0 fully saturated rings. The topological polar surface area (TPSA) is 55.1 Å². The van der Waals surface area contributed by atoms with E-state index >= 15 is 0 Å². The van der Waals surface area contributed by atoms with Crippen molar-refractivity contribution in [1.29, 1.82) is 0 Å². The van der Waals surface area contributed by atoms with E-state index in [4.69, 9.17) is 5.73 Å². The maximum atomic E-state index is 13.7. The molecule has 0 spiro atoms. The van der Waals surface area contributed by atoms with Crippen molar-refractivity contribution < 1.29 is 9.18 Å². The highest BCUT2D eigenvalue weighted by Gasteiger charge is 2.12. The highest BCUT2D eigenvalue weighted by molar-refractivity contribution is 5.94. The van der Waals surface area contributed by atoms with Gasteiger partial charge in [0, 0.05) is 22.9 Å². The van der Waals surface area contributed by atoms with Gasteiger partial charge in [0.1, 0.15) is 5.82 Å². The molecule has 1 rings (SSSR count). The number of nitrogens with one attached hydrogen (secondary N) is 1. The number of hydrogen-bond donors (Lipinski definition) is 2. The summed E-state index contributed by atoms with van der Waals surface area (Å²) in [6.07, 6.45) is 2.10. The van der Waals surface area contributed by atoms with Gasteiger partial charge < -0.3 is 11.1 Å². The molecule has 1 amide bonds. The van der Waals surface area contributed by atoms with E-state index in [9.17, 15) is 9.18 Å². The van der Waals surface area contributed by atoms with Gasteiger partial charge in [-0.1, -0.05) is 13.8 Å². The molecule has 1 aromatic carbocycles. The molecule has 19 heavy (non-hydrogen) atoms. The molecule has 0 saturated carbocycles. The van der Waals surface area contributed by atoms with Crippen LogP contribution in [0.2, 0.25) is 0 Å². The van der Waals surface area contributed by atoms with Crippen LogP contribution in [0.3, 0.4) is 0 Å². The molecule has 0 heterocycles. The van der Waals surface area contributed by atoms with Crippen LogP contribution in [0.1, 0.15) is 49.5 Å². The van der Waals surface area contributed by atoms with Gasteiger partial charge in [0.05, 0.1) is 0 Å². The maximum Gasteiger partial charge on any atom is 0.248 e. The molecule has 0 aromatic heterocycles. The highest BCUT2D eigenvalue weighted by atomic mass is 19.1. The normalized spacial score (nSPS) is 12.5. The largest absolute Gasteiger partial charge is 0.382 e. The van der Waals surface area contributed by atoms with Crippen LogP contribution >= 0.6 is 0 Å². The van der Waals surface area contributed by atoms with Gasteiger partial charge >= 0.3 is 0 Å². The van der Waals surface area contributed by atoms with Gasteiger partial charge in [0.15, 0.2) is 0 Å². The molecule has 0 saturated heterocycles. The Morgan fingerprint density at radius 2 is 1.95 bits per heavy atom. The number of halogens is 1. The van der Waals surface area contributed by atoms with Crippen molar-refractivity contribution in [1.82, 2.24) is 0 Å². The summed E-state index contributed by atoms with van der Waals surface area (Å²) < 4.78 is 13.7. The average Bonchev–Trinajstić information content (AvgIpc) is 2.31. The van der Waals surface area contributed by atoms with Crippen LogP contribution in [0.15, 0.2) is 12.1 Å². The Bertz CT molecular complexity index is 458. The van der Waals surface area contributed by atoms with Crippen LogP contribution in [-0.2, 0) is 0 Å². The van der Waals surface area contributed by atoms with E-state index in [2.05, 4.69) is 26.1 Å². The molecule has 106 valence electrons. The number of hydrogen-bond acceptors (Lipinski definition) is 2. The van der Waals surface area contributed by atoms with Crippen LogP contribution in [0, 0.1) is 18.7 Å². The quantitative estimate of drug-likeness (QED) is 0.828. The number of primary amides is 1. The van der Waals surface area contributed by atoms with Gasteiger partial charge in [-0.3, -0.25) is 4.79 Å². The smallest absolute Gasteiger partial charge is 0.248 e. The first-order valence-corrected chi connectivity index (χ1v) is 6.67. The van der Waals surface area contributed by atoms with Crippen molar-refractivity contribution in [2.75, 3.05) is 5.32 Å². The number of carbonyl (C=O) groups excluding carboxylic acids is 1. The molecule has 3 N–H and O–H groups in total. The summed E-state index contributed by atoms with van der Waals surface area (Å²) in [4.78, 5) is 11.1. The van der Waals surface area contributed by atoms with Crippen molar-refractivity contribution in [3.05, 3.63) is 29.1 Å². The molecule has 4 heteroatoms. The molecule has 1 unspecified atom stereocenters. The average molecular weight is 266 g/mol. The molecule has 0 bridgehead atoms. The molecule has 1 aromatic rings. The minimum atomic E-state index is -0.614. The minimum absolute atomic E-state index is 0.196. The second-order valence-corrected chi connectivity index (χ2v) is 5.51. The third kappa shape index (κ3) is 4.54. The first kappa shape index (κ1) is 15.5. The molecular weight excluding hydrogens is 243 g/mol.